The average Bonchev–Trinajstić information content (AvgIpc) is 3.23. The lowest BCUT2D eigenvalue weighted by Gasteiger charge is -2.21. The van der Waals surface area contributed by atoms with Gasteiger partial charge in [0, 0.05) is 32.2 Å². The van der Waals surface area contributed by atoms with E-state index in [-0.39, 0.29) is 21.4 Å². The Morgan fingerprint density at radius 3 is 2.54 bits per heavy atom. The first kappa shape index (κ1) is 20.6. The number of methoxy groups -OCH3 is 1. The van der Waals surface area contributed by atoms with E-state index in [4.69, 9.17) is 16.3 Å². The first-order chi connectivity index (χ1) is 13.3. The van der Waals surface area contributed by atoms with Crippen LogP contribution in [0.15, 0.2) is 47.4 Å². The van der Waals surface area contributed by atoms with Crippen LogP contribution >= 0.6 is 11.6 Å². The molecule has 0 aliphatic carbocycles. The molecule has 0 N–H and O–H groups in total. The molecular formula is C20H23ClN2O4S. The van der Waals surface area contributed by atoms with Crippen LogP contribution in [0.5, 0.6) is 5.75 Å². The molecule has 0 atom stereocenters. The van der Waals surface area contributed by atoms with Crippen LogP contribution in [-0.4, -0.2) is 50.8 Å². The molecule has 8 heteroatoms. The van der Waals surface area contributed by atoms with E-state index in [0.717, 1.165) is 18.4 Å². The Kier molecular flexibility index (Phi) is 6.27. The lowest BCUT2D eigenvalue weighted by Crippen LogP contribution is -2.29. The summed E-state index contributed by atoms with van der Waals surface area (Å²) in [7, 11) is -0.404. The summed E-state index contributed by atoms with van der Waals surface area (Å²) in [6, 6.07) is 11.7. The van der Waals surface area contributed by atoms with Gasteiger partial charge in [0.1, 0.15) is 5.75 Å². The number of benzene rings is 2. The molecule has 150 valence electrons. The molecule has 0 unspecified atom stereocenters. The standard InChI is InChI=1S/C20H23ClN2O4S/c1-22(14-15-7-3-4-8-19(15)27-2)20(24)17-13-16(9-10-18(17)21)28(25,26)23-11-5-6-12-23/h3-4,7-10,13H,5-6,11-12,14H2,1-2H3. The van der Waals surface area contributed by atoms with Crippen molar-refractivity contribution < 1.29 is 17.9 Å². The van der Waals surface area contributed by atoms with E-state index in [1.54, 1.807) is 14.2 Å². The third kappa shape index (κ3) is 4.16. The quantitative estimate of drug-likeness (QED) is 0.715. The van der Waals surface area contributed by atoms with Crippen molar-refractivity contribution in [3.05, 3.63) is 58.6 Å². The van der Waals surface area contributed by atoms with E-state index >= 15 is 0 Å². The highest BCUT2D eigenvalue weighted by atomic mass is 35.5. The summed E-state index contributed by atoms with van der Waals surface area (Å²) in [5.74, 6) is 0.327. The van der Waals surface area contributed by atoms with Crippen molar-refractivity contribution in [3.8, 4) is 5.75 Å². The SMILES string of the molecule is COc1ccccc1CN(C)C(=O)c1cc(S(=O)(=O)N2CCCC2)ccc1Cl. The first-order valence-corrected chi connectivity index (χ1v) is 10.8. The summed E-state index contributed by atoms with van der Waals surface area (Å²) in [4.78, 5) is 14.5. The minimum atomic E-state index is -3.62. The normalized spacial score (nSPS) is 14.8. The highest BCUT2D eigenvalue weighted by molar-refractivity contribution is 7.89. The van der Waals surface area contributed by atoms with Crippen LogP contribution < -0.4 is 4.74 Å². The number of ether oxygens (including phenoxy) is 1. The van der Waals surface area contributed by atoms with E-state index in [9.17, 15) is 13.2 Å². The largest absolute Gasteiger partial charge is 0.496 e. The number of amides is 1. The van der Waals surface area contributed by atoms with Gasteiger partial charge in [0.2, 0.25) is 10.0 Å². The van der Waals surface area contributed by atoms with Crippen LogP contribution in [0.4, 0.5) is 0 Å². The highest BCUT2D eigenvalue weighted by Crippen LogP contribution is 2.27. The zero-order chi connectivity index (χ0) is 20.3. The van der Waals surface area contributed by atoms with E-state index in [1.807, 2.05) is 24.3 Å². The predicted octanol–water partition coefficient (Wildman–Crippen LogP) is 3.41. The maximum atomic E-state index is 13.0. The lowest BCUT2D eigenvalue weighted by molar-refractivity contribution is 0.0784. The fourth-order valence-corrected chi connectivity index (χ4v) is 5.02. The lowest BCUT2D eigenvalue weighted by atomic mass is 10.1. The number of halogens is 1. The molecule has 0 aromatic heterocycles. The van der Waals surface area contributed by atoms with Crippen LogP contribution in [0.1, 0.15) is 28.8 Å². The van der Waals surface area contributed by atoms with Crippen LogP contribution in [0.3, 0.4) is 0 Å². The Labute approximate surface area is 170 Å². The third-order valence-corrected chi connectivity index (χ3v) is 7.04. The number of carbonyl (C=O) groups is 1. The molecule has 1 fully saturated rings. The van der Waals surface area contributed by atoms with E-state index in [2.05, 4.69) is 0 Å². The molecular weight excluding hydrogens is 400 g/mol. The second-order valence-electron chi connectivity index (χ2n) is 6.73. The Morgan fingerprint density at radius 1 is 1.18 bits per heavy atom. The number of hydrogen-bond acceptors (Lipinski definition) is 4. The molecule has 3 rings (SSSR count). The van der Waals surface area contributed by atoms with Crippen LogP contribution in [0.2, 0.25) is 5.02 Å². The van der Waals surface area contributed by atoms with Gasteiger partial charge in [-0.15, -0.1) is 0 Å². The van der Waals surface area contributed by atoms with Gasteiger partial charge in [-0.2, -0.15) is 4.31 Å². The van der Waals surface area contributed by atoms with Gasteiger partial charge in [-0.05, 0) is 37.1 Å². The summed E-state index contributed by atoms with van der Waals surface area (Å²) in [5.41, 5.74) is 1.01. The van der Waals surface area contributed by atoms with Crippen molar-refractivity contribution in [2.24, 2.45) is 0 Å². The minimum Gasteiger partial charge on any atom is -0.496 e. The number of sulfonamides is 1. The van der Waals surface area contributed by atoms with Gasteiger partial charge in [0.05, 0.1) is 22.6 Å². The summed E-state index contributed by atoms with van der Waals surface area (Å²) in [6.45, 7) is 1.31. The second kappa shape index (κ2) is 8.51. The molecule has 2 aromatic carbocycles. The van der Waals surface area contributed by atoms with Crippen LogP contribution in [0, 0.1) is 0 Å². The smallest absolute Gasteiger partial charge is 0.255 e. The average molecular weight is 423 g/mol. The molecule has 6 nitrogen and oxygen atoms in total. The number of nitrogens with zero attached hydrogens (tertiary/aromatic N) is 2. The fourth-order valence-electron chi connectivity index (χ4n) is 3.27. The fraction of sp³-hybridized carbons (Fsp3) is 0.350. The summed E-state index contributed by atoms with van der Waals surface area (Å²) in [5, 5.41) is 0.220. The zero-order valence-corrected chi connectivity index (χ0v) is 17.5. The number of carbonyl (C=O) groups excluding carboxylic acids is 1. The van der Waals surface area contributed by atoms with Crippen molar-refractivity contribution in [3.63, 3.8) is 0 Å². The summed E-state index contributed by atoms with van der Waals surface area (Å²) in [6.07, 6.45) is 1.69. The molecule has 1 aliphatic heterocycles. The molecule has 2 aromatic rings. The van der Waals surface area contributed by atoms with E-state index in [1.165, 1.54) is 27.4 Å². The molecule has 1 heterocycles. The van der Waals surface area contributed by atoms with Crippen molar-refractivity contribution in [1.29, 1.82) is 0 Å². The topological polar surface area (TPSA) is 66.9 Å². The number of hydrogen-bond donors (Lipinski definition) is 0. The van der Waals surface area contributed by atoms with Gasteiger partial charge in [-0.1, -0.05) is 29.8 Å². The first-order valence-electron chi connectivity index (χ1n) is 9.01. The van der Waals surface area contributed by atoms with Gasteiger partial charge in [0.15, 0.2) is 0 Å². The Hall–Kier alpha value is -2.09. The van der Waals surface area contributed by atoms with Gasteiger partial charge >= 0.3 is 0 Å². The second-order valence-corrected chi connectivity index (χ2v) is 9.07. The van der Waals surface area contributed by atoms with E-state index in [0.29, 0.717) is 25.4 Å². The zero-order valence-electron chi connectivity index (χ0n) is 15.9. The van der Waals surface area contributed by atoms with Gasteiger partial charge in [-0.3, -0.25) is 4.79 Å². The maximum absolute atomic E-state index is 13.0. The Morgan fingerprint density at radius 2 is 1.86 bits per heavy atom. The number of para-hydroxylation sites is 1. The van der Waals surface area contributed by atoms with Crippen molar-refractivity contribution in [1.82, 2.24) is 9.21 Å². The van der Waals surface area contributed by atoms with Gasteiger partial charge < -0.3 is 9.64 Å². The third-order valence-electron chi connectivity index (χ3n) is 4.82. The molecule has 0 bridgehead atoms. The van der Waals surface area contributed by atoms with Crippen molar-refractivity contribution in [2.45, 2.75) is 24.3 Å². The summed E-state index contributed by atoms with van der Waals surface area (Å²) >= 11 is 6.23. The van der Waals surface area contributed by atoms with Crippen LogP contribution in [-0.2, 0) is 16.6 Å². The Balaban J connectivity index is 1.87. The van der Waals surface area contributed by atoms with E-state index < -0.39 is 10.0 Å². The minimum absolute atomic E-state index is 0.0906. The summed E-state index contributed by atoms with van der Waals surface area (Å²) < 4.78 is 32.4. The molecule has 1 aliphatic rings. The van der Waals surface area contributed by atoms with Crippen molar-refractivity contribution in [2.75, 3.05) is 27.2 Å². The van der Waals surface area contributed by atoms with Crippen LogP contribution in [0.25, 0.3) is 0 Å². The molecule has 0 saturated carbocycles. The van der Waals surface area contributed by atoms with Gasteiger partial charge in [-0.25, -0.2) is 8.42 Å². The predicted molar refractivity (Wildman–Crippen MR) is 108 cm³/mol. The Bertz CT molecular complexity index is 972. The molecule has 1 saturated heterocycles. The highest BCUT2D eigenvalue weighted by Gasteiger charge is 2.28. The molecule has 0 spiro atoms. The monoisotopic (exact) mass is 422 g/mol. The van der Waals surface area contributed by atoms with Crippen molar-refractivity contribution >= 4 is 27.5 Å². The molecule has 28 heavy (non-hydrogen) atoms. The number of rotatable bonds is 6. The molecule has 0 radical (unpaired) electrons. The maximum Gasteiger partial charge on any atom is 0.255 e. The van der Waals surface area contributed by atoms with Gasteiger partial charge in [0.25, 0.3) is 5.91 Å². The molecule has 1 amide bonds.